The summed E-state index contributed by atoms with van der Waals surface area (Å²) in [7, 11) is 1.95. The summed E-state index contributed by atoms with van der Waals surface area (Å²) in [4.78, 5) is 0. The minimum absolute atomic E-state index is 0.439. The van der Waals surface area contributed by atoms with Gasteiger partial charge in [-0.25, -0.2) is 0 Å². The van der Waals surface area contributed by atoms with Crippen LogP contribution in [0.4, 0.5) is 0 Å². The van der Waals surface area contributed by atoms with E-state index in [1.807, 2.05) is 25.2 Å². The van der Waals surface area contributed by atoms with Crippen molar-refractivity contribution in [1.29, 1.82) is 0 Å². The third kappa shape index (κ3) is 2.88. The Bertz CT molecular complexity index is 299. The highest BCUT2D eigenvalue weighted by Gasteiger charge is 2.10. The van der Waals surface area contributed by atoms with Gasteiger partial charge in [0.1, 0.15) is 0 Å². The number of rotatable bonds is 4. The monoisotopic (exact) mass is 231 g/mol. The predicted molar refractivity (Wildman–Crippen MR) is 63.4 cm³/mol. The van der Waals surface area contributed by atoms with Gasteiger partial charge < -0.3 is 5.32 Å². The van der Waals surface area contributed by atoms with Gasteiger partial charge in [-0.2, -0.15) is 0 Å². The smallest absolute Gasteiger partial charge is 0.0626 e. The van der Waals surface area contributed by atoms with Crippen molar-refractivity contribution in [1.82, 2.24) is 5.32 Å². The van der Waals surface area contributed by atoms with Crippen LogP contribution in [0.2, 0.25) is 10.0 Å². The number of nitrogens with one attached hydrogen (secondary N) is 1. The Morgan fingerprint density at radius 3 is 2.71 bits per heavy atom. The highest BCUT2D eigenvalue weighted by molar-refractivity contribution is 6.42. The first-order valence-corrected chi connectivity index (χ1v) is 5.51. The number of halogens is 2. The summed E-state index contributed by atoms with van der Waals surface area (Å²) in [5.74, 6) is 0.439. The molecule has 0 saturated carbocycles. The van der Waals surface area contributed by atoms with Gasteiger partial charge in [-0.3, -0.25) is 0 Å². The molecule has 1 unspecified atom stereocenters. The highest BCUT2D eigenvalue weighted by Crippen LogP contribution is 2.31. The molecule has 14 heavy (non-hydrogen) atoms. The molecule has 0 amide bonds. The second-order valence-electron chi connectivity index (χ2n) is 3.44. The topological polar surface area (TPSA) is 12.0 Å². The molecule has 0 aliphatic rings. The van der Waals surface area contributed by atoms with Gasteiger partial charge >= 0.3 is 0 Å². The molecule has 3 heteroatoms. The van der Waals surface area contributed by atoms with Crippen molar-refractivity contribution in [2.75, 3.05) is 13.6 Å². The molecule has 1 aromatic rings. The van der Waals surface area contributed by atoms with E-state index < -0.39 is 0 Å². The van der Waals surface area contributed by atoms with E-state index in [4.69, 9.17) is 23.2 Å². The van der Waals surface area contributed by atoms with Crippen molar-refractivity contribution in [2.24, 2.45) is 0 Å². The van der Waals surface area contributed by atoms with E-state index in [0.717, 1.165) is 18.5 Å². The zero-order chi connectivity index (χ0) is 10.6. The van der Waals surface area contributed by atoms with Crippen LogP contribution in [-0.2, 0) is 0 Å². The van der Waals surface area contributed by atoms with Crippen molar-refractivity contribution >= 4 is 23.2 Å². The average Bonchev–Trinajstić information content (AvgIpc) is 2.18. The lowest BCUT2D eigenvalue weighted by molar-refractivity contribution is 0.636. The maximum Gasteiger partial charge on any atom is 0.0626 e. The van der Waals surface area contributed by atoms with Gasteiger partial charge in [0.15, 0.2) is 0 Å². The molecule has 0 aromatic heterocycles. The Morgan fingerprint density at radius 2 is 2.07 bits per heavy atom. The van der Waals surface area contributed by atoms with Gasteiger partial charge in [-0.05, 0) is 37.6 Å². The number of hydrogen-bond donors (Lipinski definition) is 1. The highest BCUT2D eigenvalue weighted by atomic mass is 35.5. The largest absolute Gasteiger partial charge is 0.320 e. The average molecular weight is 232 g/mol. The quantitative estimate of drug-likeness (QED) is 0.834. The molecule has 1 aromatic carbocycles. The normalized spacial score (nSPS) is 12.9. The van der Waals surface area contributed by atoms with Crippen LogP contribution in [0.3, 0.4) is 0 Å². The van der Waals surface area contributed by atoms with Crippen LogP contribution >= 0.6 is 23.2 Å². The molecule has 1 N–H and O–H groups in total. The van der Waals surface area contributed by atoms with Crippen molar-refractivity contribution in [3.8, 4) is 0 Å². The second kappa shape index (κ2) is 5.59. The summed E-state index contributed by atoms with van der Waals surface area (Å²) >= 11 is 12.1. The predicted octanol–water partition coefficient (Wildman–Crippen LogP) is 3.71. The Hall–Kier alpha value is -0.240. The summed E-state index contributed by atoms with van der Waals surface area (Å²) in [6.07, 6.45) is 1.07. The lowest BCUT2D eigenvalue weighted by Crippen LogP contribution is -2.10. The number of benzene rings is 1. The molecule has 0 radical (unpaired) electrons. The van der Waals surface area contributed by atoms with Crippen LogP contribution < -0.4 is 5.32 Å². The minimum atomic E-state index is 0.439. The van der Waals surface area contributed by atoms with Gasteiger partial charge in [0.2, 0.25) is 0 Å². The maximum atomic E-state index is 6.11. The Morgan fingerprint density at radius 1 is 1.36 bits per heavy atom. The van der Waals surface area contributed by atoms with Crippen LogP contribution in [0.15, 0.2) is 18.2 Å². The molecule has 0 fully saturated rings. The van der Waals surface area contributed by atoms with Gasteiger partial charge in [-0.1, -0.05) is 42.3 Å². The minimum Gasteiger partial charge on any atom is -0.320 e. The third-order valence-corrected chi connectivity index (χ3v) is 3.17. The Balaban J connectivity index is 2.79. The molecule has 0 aliphatic heterocycles. The standard InChI is InChI=1S/C11H15Cl2N/c1-8(6-7-14-2)9-4-3-5-10(12)11(9)13/h3-5,8,14H,6-7H2,1-2H3. The fraction of sp³-hybridized carbons (Fsp3) is 0.455. The van der Waals surface area contributed by atoms with Crippen molar-refractivity contribution in [3.63, 3.8) is 0 Å². The van der Waals surface area contributed by atoms with Crippen LogP contribution in [0.25, 0.3) is 0 Å². The summed E-state index contributed by atoms with van der Waals surface area (Å²) in [6.45, 7) is 3.15. The summed E-state index contributed by atoms with van der Waals surface area (Å²) in [5.41, 5.74) is 1.13. The van der Waals surface area contributed by atoms with Crippen LogP contribution in [-0.4, -0.2) is 13.6 Å². The van der Waals surface area contributed by atoms with E-state index in [9.17, 15) is 0 Å². The molecule has 1 nitrogen and oxygen atoms in total. The molecule has 0 aliphatic carbocycles. The van der Waals surface area contributed by atoms with Crippen molar-refractivity contribution in [3.05, 3.63) is 33.8 Å². The van der Waals surface area contributed by atoms with E-state index in [2.05, 4.69) is 12.2 Å². The first-order valence-electron chi connectivity index (χ1n) is 4.75. The molecule has 78 valence electrons. The molecule has 0 bridgehead atoms. The van der Waals surface area contributed by atoms with Gasteiger partial charge in [0.05, 0.1) is 10.0 Å². The molecule has 0 saturated heterocycles. The molecule has 1 rings (SSSR count). The summed E-state index contributed by atoms with van der Waals surface area (Å²) < 4.78 is 0. The van der Waals surface area contributed by atoms with E-state index in [0.29, 0.717) is 16.0 Å². The molecule has 1 atom stereocenters. The van der Waals surface area contributed by atoms with E-state index in [1.165, 1.54) is 0 Å². The van der Waals surface area contributed by atoms with Crippen LogP contribution in [0, 0.1) is 0 Å². The summed E-state index contributed by atoms with van der Waals surface area (Å²) in [6, 6.07) is 5.80. The fourth-order valence-corrected chi connectivity index (χ4v) is 1.91. The van der Waals surface area contributed by atoms with E-state index >= 15 is 0 Å². The molecular weight excluding hydrogens is 217 g/mol. The SMILES string of the molecule is CNCCC(C)c1cccc(Cl)c1Cl. The second-order valence-corrected chi connectivity index (χ2v) is 4.22. The zero-order valence-corrected chi connectivity index (χ0v) is 9.99. The number of hydrogen-bond acceptors (Lipinski definition) is 1. The first kappa shape index (κ1) is 11.8. The molecule has 0 heterocycles. The zero-order valence-electron chi connectivity index (χ0n) is 8.48. The molecular formula is C11H15Cl2N. The van der Waals surface area contributed by atoms with Crippen molar-refractivity contribution < 1.29 is 0 Å². The Kier molecular flexibility index (Phi) is 4.73. The fourth-order valence-electron chi connectivity index (χ4n) is 1.42. The van der Waals surface area contributed by atoms with Crippen molar-refractivity contribution in [2.45, 2.75) is 19.3 Å². The maximum absolute atomic E-state index is 6.11. The van der Waals surface area contributed by atoms with E-state index in [1.54, 1.807) is 0 Å². The Labute approximate surface area is 95.4 Å². The lowest BCUT2D eigenvalue weighted by atomic mass is 9.98. The van der Waals surface area contributed by atoms with Crippen LogP contribution in [0.1, 0.15) is 24.8 Å². The van der Waals surface area contributed by atoms with Gasteiger partial charge in [-0.15, -0.1) is 0 Å². The van der Waals surface area contributed by atoms with Gasteiger partial charge in [0.25, 0.3) is 0 Å². The molecule has 0 spiro atoms. The third-order valence-electron chi connectivity index (χ3n) is 2.34. The summed E-state index contributed by atoms with van der Waals surface area (Å²) in [5, 5.41) is 4.46. The van der Waals surface area contributed by atoms with Crippen LogP contribution in [0.5, 0.6) is 0 Å². The van der Waals surface area contributed by atoms with E-state index in [-0.39, 0.29) is 0 Å². The first-order chi connectivity index (χ1) is 6.66. The van der Waals surface area contributed by atoms with Gasteiger partial charge in [0, 0.05) is 0 Å². The lowest BCUT2D eigenvalue weighted by Gasteiger charge is -2.13.